The van der Waals surface area contributed by atoms with Gasteiger partial charge in [-0.2, -0.15) is 0 Å². The van der Waals surface area contributed by atoms with Gasteiger partial charge >= 0.3 is 17.9 Å². The quantitative estimate of drug-likeness (QED) is 0.0261. The lowest BCUT2D eigenvalue weighted by molar-refractivity contribution is -0.167. The summed E-state index contributed by atoms with van der Waals surface area (Å²) in [5.74, 6) is -0.922. The van der Waals surface area contributed by atoms with Crippen LogP contribution in [0.1, 0.15) is 335 Å². The van der Waals surface area contributed by atoms with Gasteiger partial charge < -0.3 is 14.2 Å². The SMILES string of the molecule is CC/C=C\C/C=C\C/C=C\C/C=C\C/C=C\CCCCCCCCCCCCCC(=O)OCC(COC(=O)CCCC/C=C\C/C=C\C/C=C\C/C=C\CC)OC(=O)CCCCCCCCCCCCCCCCCCCCCCCC. The van der Waals surface area contributed by atoms with Crippen molar-refractivity contribution in [3.05, 3.63) is 109 Å². The maximum Gasteiger partial charge on any atom is 0.306 e. The highest BCUT2D eigenvalue weighted by atomic mass is 16.6. The van der Waals surface area contributed by atoms with Crippen LogP contribution in [0.4, 0.5) is 0 Å². The summed E-state index contributed by atoms with van der Waals surface area (Å²) in [6.45, 7) is 6.42. The summed E-state index contributed by atoms with van der Waals surface area (Å²) < 4.78 is 16.9. The van der Waals surface area contributed by atoms with Crippen molar-refractivity contribution in [2.75, 3.05) is 13.2 Å². The van der Waals surface area contributed by atoms with E-state index in [2.05, 4.69) is 130 Å². The number of allylic oxidation sites excluding steroid dienone is 18. The number of hydrogen-bond donors (Lipinski definition) is 0. The molecule has 0 aromatic heterocycles. The predicted octanol–water partition coefficient (Wildman–Crippen LogP) is 24.2. The van der Waals surface area contributed by atoms with Crippen LogP contribution in [0.2, 0.25) is 0 Å². The molecule has 0 radical (unpaired) electrons. The van der Waals surface area contributed by atoms with Gasteiger partial charge in [0.1, 0.15) is 13.2 Å². The molecule has 0 saturated heterocycles. The van der Waals surface area contributed by atoms with Gasteiger partial charge in [-0.15, -0.1) is 0 Å². The van der Waals surface area contributed by atoms with Crippen molar-refractivity contribution >= 4 is 17.9 Å². The molecule has 0 spiro atoms. The van der Waals surface area contributed by atoms with Crippen molar-refractivity contribution in [2.24, 2.45) is 0 Å². The largest absolute Gasteiger partial charge is 0.462 e. The Hall–Kier alpha value is -3.93. The molecular formula is C76H130O6. The van der Waals surface area contributed by atoms with Crippen molar-refractivity contribution in [1.29, 1.82) is 0 Å². The van der Waals surface area contributed by atoms with Gasteiger partial charge in [0, 0.05) is 19.3 Å². The van der Waals surface area contributed by atoms with Crippen molar-refractivity contribution in [3.8, 4) is 0 Å². The third-order valence-corrected chi connectivity index (χ3v) is 15.0. The topological polar surface area (TPSA) is 78.9 Å². The zero-order chi connectivity index (χ0) is 59.2. The molecule has 82 heavy (non-hydrogen) atoms. The van der Waals surface area contributed by atoms with Crippen LogP contribution in [0.3, 0.4) is 0 Å². The van der Waals surface area contributed by atoms with E-state index in [9.17, 15) is 14.4 Å². The Balaban J connectivity index is 4.34. The Morgan fingerprint density at radius 1 is 0.256 bits per heavy atom. The van der Waals surface area contributed by atoms with Gasteiger partial charge in [-0.05, 0) is 103 Å². The molecule has 1 unspecified atom stereocenters. The third kappa shape index (κ3) is 66.9. The van der Waals surface area contributed by atoms with E-state index in [1.54, 1.807) is 0 Å². The molecule has 470 valence electrons. The fraction of sp³-hybridized carbons (Fsp3) is 0.724. The van der Waals surface area contributed by atoms with Crippen LogP contribution in [0.5, 0.6) is 0 Å². The zero-order valence-corrected chi connectivity index (χ0v) is 54.0. The van der Waals surface area contributed by atoms with E-state index in [0.29, 0.717) is 19.3 Å². The van der Waals surface area contributed by atoms with Gasteiger partial charge in [-0.25, -0.2) is 0 Å². The minimum atomic E-state index is -0.798. The molecule has 6 nitrogen and oxygen atoms in total. The zero-order valence-electron chi connectivity index (χ0n) is 54.0. The molecule has 0 aromatic carbocycles. The second-order valence-corrected chi connectivity index (χ2v) is 23.0. The predicted molar refractivity (Wildman–Crippen MR) is 357 cm³/mol. The molecule has 0 aliphatic heterocycles. The molecule has 0 rings (SSSR count). The van der Waals surface area contributed by atoms with E-state index in [1.807, 2.05) is 0 Å². The molecule has 0 amide bonds. The summed E-state index contributed by atoms with van der Waals surface area (Å²) in [7, 11) is 0. The lowest BCUT2D eigenvalue weighted by Crippen LogP contribution is -2.30. The maximum atomic E-state index is 13.0. The summed E-state index contributed by atoms with van der Waals surface area (Å²) in [5, 5.41) is 0. The summed E-state index contributed by atoms with van der Waals surface area (Å²) in [6.07, 6.45) is 95.5. The van der Waals surface area contributed by atoms with Gasteiger partial charge in [0.2, 0.25) is 0 Å². The van der Waals surface area contributed by atoms with Crippen LogP contribution in [-0.2, 0) is 28.6 Å². The van der Waals surface area contributed by atoms with E-state index >= 15 is 0 Å². The number of carbonyl (C=O) groups is 3. The Labute approximate surface area is 508 Å². The van der Waals surface area contributed by atoms with Crippen LogP contribution in [0.25, 0.3) is 0 Å². The van der Waals surface area contributed by atoms with E-state index in [-0.39, 0.29) is 31.1 Å². The fourth-order valence-corrected chi connectivity index (χ4v) is 9.88. The molecule has 0 aromatic rings. The highest BCUT2D eigenvalue weighted by Crippen LogP contribution is 2.18. The monoisotopic (exact) mass is 1140 g/mol. The summed E-state index contributed by atoms with van der Waals surface area (Å²) in [6, 6.07) is 0. The molecule has 0 aliphatic rings. The number of esters is 3. The van der Waals surface area contributed by atoms with Crippen molar-refractivity contribution in [3.63, 3.8) is 0 Å². The molecule has 0 saturated carbocycles. The molecule has 0 fully saturated rings. The second-order valence-electron chi connectivity index (χ2n) is 23.0. The number of unbranched alkanes of at least 4 members (excludes halogenated alkanes) is 34. The Morgan fingerprint density at radius 3 is 0.768 bits per heavy atom. The number of ether oxygens (including phenoxy) is 3. The van der Waals surface area contributed by atoms with Crippen LogP contribution in [0, 0.1) is 0 Å². The average molecular weight is 1140 g/mol. The number of rotatable bonds is 63. The molecule has 6 heteroatoms. The highest BCUT2D eigenvalue weighted by Gasteiger charge is 2.19. The Bertz CT molecular complexity index is 1640. The normalized spacial score (nSPS) is 12.8. The van der Waals surface area contributed by atoms with E-state index in [4.69, 9.17) is 14.2 Å². The fourth-order valence-electron chi connectivity index (χ4n) is 9.88. The lowest BCUT2D eigenvalue weighted by Gasteiger charge is -2.18. The van der Waals surface area contributed by atoms with E-state index < -0.39 is 6.10 Å². The first-order valence-corrected chi connectivity index (χ1v) is 34.9. The van der Waals surface area contributed by atoms with Crippen LogP contribution >= 0.6 is 0 Å². The highest BCUT2D eigenvalue weighted by molar-refractivity contribution is 5.71. The molecule has 1 atom stereocenters. The van der Waals surface area contributed by atoms with Crippen molar-refractivity contribution in [2.45, 2.75) is 341 Å². The van der Waals surface area contributed by atoms with Gasteiger partial charge in [0.05, 0.1) is 0 Å². The van der Waals surface area contributed by atoms with Crippen molar-refractivity contribution in [1.82, 2.24) is 0 Å². The Kier molecular flexibility index (Phi) is 66.2. The molecule has 0 heterocycles. The van der Waals surface area contributed by atoms with Gasteiger partial charge in [-0.3, -0.25) is 14.4 Å². The Morgan fingerprint density at radius 2 is 0.476 bits per heavy atom. The van der Waals surface area contributed by atoms with Gasteiger partial charge in [0.25, 0.3) is 0 Å². The maximum absolute atomic E-state index is 13.0. The van der Waals surface area contributed by atoms with Gasteiger partial charge in [0.15, 0.2) is 6.10 Å². The standard InChI is InChI=1S/C76H130O6/c1-4-7-10-13-16-19-22-25-28-30-32-34-36-37-38-39-40-42-43-45-48-51-54-57-60-63-66-69-75(78)81-72-73(71-80-74(77)68-65-62-59-56-53-50-47-27-24-21-18-15-12-9-6-3)82-76(79)70-67-64-61-58-55-52-49-46-44-41-35-33-31-29-26-23-20-17-14-11-8-5-2/h7,9-10,12,16,18-19,21,25,27-28,32,34,37-38,47,53,56,73H,4-6,8,11,13-15,17,20,22-24,26,29-31,33,35-36,39-46,48-52,54-55,57-72H2,1-3H3/b10-7-,12-9-,19-16-,21-18-,28-25-,34-32-,38-37-,47-27-,56-53-. The van der Waals surface area contributed by atoms with Crippen LogP contribution in [-0.4, -0.2) is 37.2 Å². The molecule has 0 N–H and O–H groups in total. The minimum absolute atomic E-state index is 0.0909. The van der Waals surface area contributed by atoms with Gasteiger partial charge in [-0.1, -0.05) is 323 Å². The summed E-state index contributed by atoms with van der Waals surface area (Å²) in [5.41, 5.74) is 0. The number of carbonyl (C=O) groups excluding carboxylic acids is 3. The minimum Gasteiger partial charge on any atom is -0.462 e. The summed E-state index contributed by atoms with van der Waals surface area (Å²) >= 11 is 0. The van der Waals surface area contributed by atoms with Crippen molar-refractivity contribution < 1.29 is 28.6 Å². The first kappa shape index (κ1) is 78.1. The first-order chi connectivity index (χ1) is 40.5. The average Bonchev–Trinajstić information content (AvgIpc) is 3.47. The first-order valence-electron chi connectivity index (χ1n) is 34.9. The van der Waals surface area contributed by atoms with Crippen LogP contribution in [0.15, 0.2) is 109 Å². The van der Waals surface area contributed by atoms with E-state index in [1.165, 1.54) is 180 Å². The lowest BCUT2D eigenvalue weighted by atomic mass is 10.0. The smallest absolute Gasteiger partial charge is 0.306 e. The molecule has 0 bridgehead atoms. The summed E-state index contributed by atoms with van der Waals surface area (Å²) in [4.78, 5) is 38.4. The molecular weight excluding hydrogens is 1010 g/mol. The third-order valence-electron chi connectivity index (χ3n) is 15.0. The second kappa shape index (κ2) is 69.6. The number of hydrogen-bond acceptors (Lipinski definition) is 6. The van der Waals surface area contributed by atoms with Crippen LogP contribution < -0.4 is 0 Å². The molecule has 0 aliphatic carbocycles. The van der Waals surface area contributed by atoms with E-state index in [0.717, 1.165) is 116 Å².